The number of rotatable bonds is 7. The summed E-state index contributed by atoms with van der Waals surface area (Å²) in [5, 5.41) is 3.01. The number of amides is 1. The van der Waals surface area contributed by atoms with Gasteiger partial charge in [0.1, 0.15) is 0 Å². The van der Waals surface area contributed by atoms with Gasteiger partial charge in [-0.15, -0.1) is 0 Å². The van der Waals surface area contributed by atoms with Crippen molar-refractivity contribution in [1.82, 2.24) is 10.2 Å². The van der Waals surface area contributed by atoms with Crippen LogP contribution in [0, 0.1) is 5.92 Å². The molecule has 94 valence electrons. The lowest BCUT2D eigenvalue weighted by atomic mass is 10.1. The predicted molar refractivity (Wildman–Crippen MR) is 69.4 cm³/mol. The second-order valence-corrected chi connectivity index (χ2v) is 4.86. The maximum Gasteiger partial charge on any atom is 0.234 e. The van der Waals surface area contributed by atoms with Crippen molar-refractivity contribution < 1.29 is 4.79 Å². The van der Waals surface area contributed by atoms with Gasteiger partial charge in [0.15, 0.2) is 0 Å². The molecule has 0 aromatic rings. The lowest BCUT2D eigenvalue weighted by Gasteiger charge is -2.22. The standard InChI is InChI=1S/C13H26N2O/c1-7-15(8-10(2)3)9-13(16)14-12(6)11(4)5/h11-12H,2,7-9H2,1,3-6H3,(H,14,16). The Kier molecular flexibility index (Phi) is 7.06. The second kappa shape index (κ2) is 7.44. The molecule has 0 radical (unpaired) electrons. The molecule has 0 aliphatic heterocycles. The Bertz CT molecular complexity index is 236. The zero-order chi connectivity index (χ0) is 12.7. The molecule has 0 aromatic carbocycles. The molecule has 0 aliphatic carbocycles. The van der Waals surface area contributed by atoms with E-state index < -0.39 is 0 Å². The van der Waals surface area contributed by atoms with Gasteiger partial charge in [-0.1, -0.05) is 32.9 Å². The van der Waals surface area contributed by atoms with Crippen LogP contribution in [0.3, 0.4) is 0 Å². The largest absolute Gasteiger partial charge is 0.352 e. The third kappa shape index (κ3) is 6.62. The normalized spacial score (nSPS) is 12.9. The van der Waals surface area contributed by atoms with E-state index >= 15 is 0 Å². The van der Waals surface area contributed by atoms with E-state index in [2.05, 4.69) is 37.6 Å². The molecule has 0 saturated carbocycles. The molecule has 0 rings (SSSR count). The first-order valence-corrected chi connectivity index (χ1v) is 6.02. The lowest BCUT2D eigenvalue weighted by Crippen LogP contribution is -2.43. The molecule has 1 N–H and O–H groups in total. The van der Waals surface area contributed by atoms with Crippen molar-refractivity contribution in [2.45, 2.75) is 40.7 Å². The first-order valence-electron chi connectivity index (χ1n) is 6.02. The van der Waals surface area contributed by atoms with Crippen molar-refractivity contribution in [2.24, 2.45) is 5.92 Å². The molecule has 0 fully saturated rings. The number of nitrogens with one attached hydrogen (secondary N) is 1. The van der Waals surface area contributed by atoms with Crippen LogP contribution in [0.25, 0.3) is 0 Å². The predicted octanol–water partition coefficient (Wildman–Crippen LogP) is 2.05. The summed E-state index contributed by atoms with van der Waals surface area (Å²) in [7, 11) is 0. The summed E-state index contributed by atoms with van der Waals surface area (Å²) in [6, 6.07) is 0.232. The lowest BCUT2D eigenvalue weighted by molar-refractivity contribution is -0.123. The van der Waals surface area contributed by atoms with E-state index in [9.17, 15) is 4.79 Å². The molecule has 3 heteroatoms. The fourth-order valence-electron chi connectivity index (χ4n) is 1.33. The fraction of sp³-hybridized carbons (Fsp3) is 0.769. The highest BCUT2D eigenvalue weighted by molar-refractivity contribution is 5.78. The van der Waals surface area contributed by atoms with Crippen LogP contribution in [0.2, 0.25) is 0 Å². The van der Waals surface area contributed by atoms with Gasteiger partial charge in [-0.05, 0) is 26.3 Å². The van der Waals surface area contributed by atoms with E-state index in [4.69, 9.17) is 0 Å². The Morgan fingerprint density at radius 1 is 1.31 bits per heavy atom. The maximum absolute atomic E-state index is 11.7. The van der Waals surface area contributed by atoms with E-state index in [1.165, 1.54) is 0 Å². The molecule has 16 heavy (non-hydrogen) atoms. The fourth-order valence-corrected chi connectivity index (χ4v) is 1.33. The van der Waals surface area contributed by atoms with E-state index in [-0.39, 0.29) is 11.9 Å². The highest BCUT2D eigenvalue weighted by atomic mass is 16.2. The Balaban J connectivity index is 4.05. The van der Waals surface area contributed by atoms with E-state index in [0.29, 0.717) is 12.5 Å². The summed E-state index contributed by atoms with van der Waals surface area (Å²) >= 11 is 0. The number of carbonyl (C=O) groups is 1. The minimum Gasteiger partial charge on any atom is -0.352 e. The number of carbonyl (C=O) groups excluding carboxylic acids is 1. The van der Waals surface area contributed by atoms with Gasteiger partial charge in [0.25, 0.3) is 0 Å². The van der Waals surface area contributed by atoms with Gasteiger partial charge in [0, 0.05) is 12.6 Å². The molecule has 0 heterocycles. The van der Waals surface area contributed by atoms with Gasteiger partial charge in [-0.25, -0.2) is 0 Å². The van der Waals surface area contributed by atoms with Crippen molar-refractivity contribution in [3.8, 4) is 0 Å². The van der Waals surface area contributed by atoms with Crippen molar-refractivity contribution in [3.63, 3.8) is 0 Å². The smallest absolute Gasteiger partial charge is 0.234 e. The first-order chi connectivity index (χ1) is 7.36. The molecule has 0 aromatic heterocycles. The number of nitrogens with zero attached hydrogens (tertiary/aromatic N) is 1. The zero-order valence-electron chi connectivity index (χ0n) is 11.3. The van der Waals surface area contributed by atoms with Crippen LogP contribution in [0.15, 0.2) is 12.2 Å². The van der Waals surface area contributed by atoms with Crippen LogP contribution in [0.1, 0.15) is 34.6 Å². The number of likely N-dealkylation sites (N-methyl/N-ethyl adjacent to an activating group) is 1. The Hall–Kier alpha value is -0.830. The van der Waals surface area contributed by atoms with Gasteiger partial charge in [0.2, 0.25) is 5.91 Å². The van der Waals surface area contributed by atoms with Gasteiger partial charge >= 0.3 is 0 Å². The zero-order valence-corrected chi connectivity index (χ0v) is 11.3. The van der Waals surface area contributed by atoms with Crippen LogP contribution in [0.5, 0.6) is 0 Å². The third-order valence-electron chi connectivity index (χ3n) is 2.70. The van der Waals surface area contributed by atoms with Crippen LogP contribution >= 0.6 is 0 Å². The molecule has 1 amide bonds. The van der Waals surface area contributed by atoms with Crippen LogP contribution < -0.4 is 5.32 Å². The van der Waals surface area contributed by atoms with Gasteiger partial charge in [-0.3, -0.25) is 9.69 Å². The average Bonchev–Trinajstić information content (AvgIpc) is 2.15. The Morgan fingerprint density at radius 2 is 1.88 bits per heavy atom. The van der Waals surface area contributed by atoms with Gasteiger partial charge < -0.3 is 5.32 Å². The van der Waals surface area contributed by atoms with Crippen LogP contribution in [-0.2, 0) is 4.79 Å². The first kappa shape index (κ1) is 15.2. The topological polar surface area (TPSA) is 32.3 Å². The van der Waals surface area contributed by atoms with Crippen molar-refractivity contribution in [2.75, 3.05) is 19.6 Å². The minimum atomic E-state index is 0.101. The molecule has 0 aliphatic rings. The molecule has 0 spiro atoms. The Labute approximate surface area is 99.9 Å². The van der Waals surface area contributed by atoms with Crippen molar-refractivity contribution >= 4 is 5.91 Å². The van der Waals surface area contributed by atoms with Crippen LogP contribution in [-0.4, -0.2) is 36.5 Å². The summed E-state index contributed by atoms with van der Waals surface area (Å²) in [6.07, 6.45) is 0. The molecular weight excluding hydrogens is 200 g/mol. The number of hydrogen-bond acceptors (Lipinski definition) is 2. The van der Waals surface area contributed by atoms with Crippen molar-refractivity contribution in [3.05, 3.63) is 12.2 Å². The van der Waals surface area contributed by atoms with Crippen molar-refractivity contribution in [1.29, 1.82) is 0 Å². The SMILES string of the molecule is C=C(C)CN(CC)CC(=O)NC(C)C(C)C. The molecular formula is C13H26N2O. The summed E-state index contributed by atoms with van der Waals surface area (Å²) < 4.78 is 0. The van der Waals surface area contributed by atoms with E-state index in [1.54, 1.807) is 0 Å². The van der Waals surface area contributed by atoms with E-state index in [0.717, 1.165) is 18.7 Å². The average molecular weight is 226 g/mol. The second-order valence-electron chi connectivity index (χ2n) is 4.86. The third-order valence-corrected chi connectivity index (χ3v) is 2.70. The molecule has 1 unspecified atom stereocenters. The molecule has 0 bridgehead atoms. The van der Waals surface area contributed by atoms with Crippen LogP contribution in [0.4, 0.5) is 0 Å². The summed E-state index contributed by atoms with van der Waals surface area (Å²) in [6.45, 7) is 16.3. The molecule has 3 nitrogen and oxygen atoms in total. The summed E-state index contributed by atoms with van der Waals surface area (Å²) in [4.78, 5) is 13.8. The Morgan fingerprint density at radius 3 is 2.25 bits per heavy atom. The van der Waals surface area contributed by atoms with E-state index in [1.807, 2.05) is 13.8 Å². The monoisotopic (exact) mass is 226 g/mol. The summed E-state index contributed by atoms with van der Waals surface area (Å²) in [5.41, 5.74) is 1.09. The van der Waals surface area contributed by atoms with Gasteiger partial charge in [0.05, 0.1) is 6.54 Å². The maximum atomic E-state index is 11.7. The van der Waals surface area contributed by atoms with Gasteiger partial charge in [-0.2, -0.15) is 0 Å². The number of hydrogen-bond donors (Lipinski definition) is 1. The highest BCUT2D eigenvalue weighted by Gasteiger charge is 2.13. The summed E-state index contributed by atoms with van der Waals surface area (Å²) in [5.74, 6) is 0.574. The quantitative estimate of drug-likeness (QED) is 0.674. The molecule has 1 atom stereocenters. The minimum absolute atomic E-state index is 0.101. The highest BCUT2D eigenvalue weighted by Crippen LogP contribution is 2.00. The molecule has 0 saturated heterocycles.